The summed E-state index contributed by atoms with van der Waals surface area (Å²) >= 11 is 6.45. The lowest BCUT2D eigenvalue weighted by atomic mass is 10.1. The number of thiocarbonyl (C=S) groups is 1. The third-order valence-electron chi connectivity index (χ3n) is 3.86. The first-order valence-electron chi connectivity index (χ1n) is 7.76. The number of thioether (sulfide) groups is 1. The third kappa shape index (κ3) is 3.81. The molecule has 1 fully saturated rings. The van der Waals surface area contributed by atoms with Crippen molar-refractivity contribution in [3.8, 4) is 11.5 Å². The van der Waals surface area contributed by atoms with Crippen LogP contribution in [0.5, 0.6) is 11.5 Å². The van der Waals surface area contributed by atoms with Crippen LogP contribution in [0.25, 0.3) is 6.08 Å². The maximum absolute atomic E-state index is 12.9. The number of carbonyl (C=O) groups excluding carboxylic acids is 2. The highest BCUT2D eigenvalue weighted by Gasteiger charge is 2.33. The van der Waals surface area contributed by atoms with Crippen molar-refractivity contribution in [1.29, 1.82) is 0 Å². The number of rotatable bonds is 5. The van der Waals surface area contributed by atoms with Gasteiger partial charge >= 0.3 is 0 Å². The molecule has 2 aromatic carbocycles. The van der Waals surface area contributed by atoms with Crippen molar-refractivity contribution < 1.29 is 24.2 Å². The monoisotopic (exact) mass is 400 g/mol. The van der Waals surface area contributed by atoms with Crippen molar-refractivity contribution in [2.75, 3.05) is 19.1 Å². The maximum atomic E-state index is 12.9. The van der Waals surface area contributed by atoms with E-state index in [0.29, 0.717) is 32.0 Å². The number of nitrogens with zero attached hydrogens (tertiary/aromatic N) is 1. The molecule has 0 aliphatic carbocycles. The largest absolute Gasteiger partial charge is 0.545 e. The Kier molecular flexibility index (Phi) is 5.48. The number of anilines is 1. The predicted molar refractivity (Wildman–Crippen MR) is 106 cm³/mol. The molecule has 1 saturated heterocycles. The van der Waals surface area contributed by atoms with Gasteiger partial charge in [0.15, 0.2) is 4.32 Å². The Labute approximate surface area is 165 Å². The van der Waals surface area contributed by atoms with Gasteiger partial charge in [-0.1, -0.05) is 36.1 Å². The van der Waals surface area contributed by atoms with Crippen molar-refractivity contribution in [3.63, 3.8) is 0 Å². The fourth-order valence-electron chi connectivity index (χ4n) is 2.56. The van der Waals surface area contributed by atoms with E-state index in [0.717, 1.165) is 11.8 Å². The lowest BCUT2D eigenvalue weighted by Gasteiger charge is -2.16. The molecule has 0 aromatic heterocycles. The van der Waals surface area contributed by atoms with Crippen molar-refractivity contribution in [3.05, 3.63) is 58.5 Å². The normalized spacial score (nSPS) is 15.3. The first kappa shape index (κ1) is 18.9. The highest BCUT2D eigenvalue weighted by molar-refractivity contribution is 8.27. The number of methoxy groups -OCH3 is 2. The van der Waals surface area contributed by atoms with Crippen LogP contribution in [-0.4, -0.2) is 30.4 Å². The zero-order valence-corrected chi connectivity index (χ0v) is 16.1. The summed E-state index contributed by atoms with van der Waals surface area (Å²) in [7, 11) is 3.09. The lowest BCUT2D eigenvalue weighted by Crippen LogP contribution is -2.28. The minimum absolute atomic E-state index is 0.0278. The number of hydrogen-bond acceptors (Lipinski definition) is 7. The molecule has 27 heavy (non-hydrogen) atoms. The molecule has 8 heteroatoms. The van der Waals surface area contributed by atoms with Gasteiger partial charge in [-0.25, -0.2) is 0 Å². The van der Waals surface area contributed by atoms with E-state index in [9.17, 15) is 14.7 Å². The zero-order valence-electron chi connectivity index (χ0n) is 14.4. The van der Waals surface area contributed by atoms with E-state index in [4.69, 9.17) is 21.7 Å². The molecule has 1 aliphatic heterocycles. The number of carbonyl (C=O) groups is 2. The van der Waals surface area contributed by atoms with Gasteiger partial charge in [0.2, 0.25) is 0 Å². The Morgan fingerprint density at radius 1 is 1.19 bits per heavy atom. The van der Waals surface area contributed by atoms with Gasteiger partial charge in [0, 0.05) is 5.56 Å². The highest BCUT2D eigenvalue weighted by atomic mass is 32.2. The number of amides is 1. The Morgan fingerprint density at radius 2 is 1.96 bits per heavy atom. The minimum atomic E-state index is -1.32. The molecule has 0 radical (unpaired) electrons. The van der Waals surface area contributed by atoms with E-state index in [1.807, 2.05) is 0 Å². The molecule has 1 amide bonds. The van der Waals surface area contributed by atoms with Crippen LogP contribution in [0.3, 0.4) is 0 Å². The summed E-state index contributed by atoms with van der Waals surface area (Å²) in [6, 6.07) is 11.2. The summed E-state index contributed by atoms with van der Waals surface area (Å²) in [6.45, 7) is 0. The van der Waals surface area contributed by atoms with Gasteiger partial charge in [-0.3, -0.25) is 9.69 Å². The molecule has 138 valence electrons. The quantitative estimate of drug-likeness (QED) is 0.563. The van der Waals surface area contributed by atoms with Crippen molar-refractivity contribution in [2.24, 2.45) is 0 Å². The Bertz CT molecular complexity index is 970. The van der Waals surface area contributed by atoms with Crippen LogP contribution < -0.4 is 19.5 Å². The Morgan fingerprint density at radius 3 is 2.63 bits per heavy atom. The predicted octanol–water partition coefficient (Wildman–Crippen LogP) is 2.47. The first-order chi connectivity index (χ1) is 12.9. The fourth-order valence-corrected chi connectivity index (χ4v) is 3.85. The number of carboxylic acids is 1. The van der Waals surface area contributed by atoms with Crippen molar-refractivity contribution in [2.45, 2.75) is 0 Å². The fraction of sp³-hybridized carbons (Fsp3) is 0.105. The molecule has 1 aliphatic rings. The van der Waals surface area contributed by atoms with Crippen molar-refractivity contribution in [1.82, 2.24) is 0 Å². The van der Waals surface area contributed by atoms with Gasteiger partial charge < -0.3 is 19.4 Å². The first-order valence-corrected chi connectivity index (χ1v) is 8.98. The summed E-state index contributed by atoms with van der Waals surface area (Å²) in [5.74, 6) is -0.455. The Hall–Kier alpha value is -2.84. The minimum Gasteiger partial charge on any atom is -0.545 e. The topological polar surface area (TPSA) is 78.9 Å². The third-order valence-corrected chi connectivity index (χ3v) is 5.16. The molecule has 0 atom stereocenters. The lowest BCUT2D eigenvalue weighted by molar-refractivity contribution is -0.255. The van der Waals surface area contributed by atoms with Gasteiger partial charge in [-0.05, 0) is 42.0 Å². The SMILES string of the molecule is COc1ccc(OC)c(/C=C2\SC(=S)N(c3cccc(C(=O)[O-])c3)C2=O)c1. The standard InChI is InChI=1S/C19H15NO5S2/c1-24-14-6-7-15(25-2)12(9-14)10-16-17(21)20(19(26)27-16)13-5-3-4-11(8-13)18(22)23/h3-10H,1-2H3,(H,22,23)/p-1/b16-10-. The highest BCUT2D eigenvalue weighted by Crippen LogP contribution is 2.37. The molecular weight excluding hydrogens is 386 g/mol. The second-order valence-corrected chi connectivity index (χ2v) is 7.14. The number of aromatic carboxylic acids is 1. The van der Waals surface area contributed by atoms with E-state index in [1.54, 1.807) is 37.5 Å². The van der Waals surface area contributed by atoms with Crippen LogP contribution in [-0.2, 0) is 4.79 Å². The average molecular weight is 400 g/mol. The second kappa shape index (κ2) is 7.81. The van der Waals surface area contributed by atoms with Gasteiger partial charge in [0.05, 0.1) is 30.8 Å². The molecule has 0 saturated carbocycles. The zero-order chi connectivity index (χ0) is 19.6. The molecule has 0 bridgehead atoms. The van der Waals surface area contributed by atoms with Crippen LogP contribution in [0, 0.1) is 0 Å². The van der Waals surface area contributed by atoms with Crippen LogP contribution >= 0.6 is 24.0 Å². The number of benzene rings is 2. The van der Waals surface area contributed by atoms with Crippen LogP contribution in [0.2, 0.25) is 0 Å². The maximum Gasteiger partial charge on any atom is 0.270 e. The summed E-state index contributed by atoms with van der Waals surface area (Å²) in [4.78, 5) is 25.6. The molecular formula is C19H14NO5S2-. The number of hydrogen-bond donors (Lipinski definition) is 0. The summed E-state index contributed by atoms with van der Waals surface area (Å²) in [6.07, 6.45) is 1.67. The van der Waals surface area contributed by atoms with E-state index < -0.39 is 5.97 Å². The van der Waals surface area contributed by atoms with Gasteiger partial charge in [-0.2, -0.15) is 0 Å². The molecule has 0 spiro atoms. The van der Waals surface area contributed by atoms with Crippen LogP contribution in [0.15, 0.2) is 47.4 Å². The van der Waals surface area contributed by atoms with E-state index in [-0.39, 0.29) is 11.5 Å². The summed E-state index contributed by atoms with van der Waals surface area (Å²) in [5, 5.41) is 11.1. The van der Waals surface area contributed by atoms with Crippen LogP contribution in [0.4, 0.5) is 5.69 Å². The molecule has 3 rings (SSSR count). The second-order valence-electron chi connectivity index (χ2n) is 5.46. The van der Waals surface area contributed by atoms with Gasteiger partial charge in [0.25, 0.3) is 5.91 Å². The molecule has 0 N–H and O–H groups in total. The van der Waals surface area contributed by atoms with E-state index in [1.165, 1.54) is 30.2 Å². The van der Waals surface area contributed by atoms with Gasteiger partial charge in [0.1, 0.15) is 11.5 Å². The smallest absolute Gasteiger partial charge is 0.270 e. The molecule has 0 unspecified atom stereocenters. The number of carboxylic acid groups (broad SMARTS) is 1. The van der Waals surface area contributed by atoms with Crippen molar-refractivity contribution >= 4 is 51.9 Å². The molecule has 1 heterocycles. The summed E-state index contributed by atoms with van der Waals surface area (Å²) < 4.78 is 10.9. The summed E-state index contributed by atoms with van der Waals surface area (Å²) in [5.41, 5.74) is 1.01. The Balaban J connectivity index is 1.98. The van der Waals surface area contributed by atoms with Crippen LogP contribution in [0.1, 0.15) is 15.9 Å². The molecule has 2 aromatic rings. The van der Waals surface area contributed by atoms with E-state index >= 15 is 0 Å². The van der Waals surface area contributed by atoms with E-state index in [2.05, 4.69) is 0 Å². The number of ether oxygens (including phenoxy) is 2. The molecule has 6 nitrogen and oxygen atoms in total. The van der Waals surface area contributed by atoms with Gasteiger partial charge in [-0.15, -0.1) is 0 Å². The average Bonchev–Trinajstić information content (AvgIpc) is 2.95.